The van der Waals surface area contributed by atoms with Gasteiger partial charge in [-0.2, -0.15) is 0 Å². The van der Waals surface area contributed by atoms with Gasteiger partial charge in [0, 0.05) is 6.61 Å². The van der Waals surface area contributed by atoms with E-state index < -0.39 is 11.9 Å². The van der Waals surface area contributed by atoms with E-state index in [0.717, 1.165) is 24.0 Å². The second-order valence-corrected chi connectivity index (χ2v) is 6.67. The maximum absolute atomic E-state index is 10.7. The minimum absolute atomic E-state index is 0.125. The minimum atomic E-state index is -1.06. The molecule has 0 spiro atoms. The summed E-state index contributed by atoms with van der Waals surface area (Å²) in [4.78, 5) is 0. The summed E-state index contributed by atoms with van der Waals surface area (Å²) < 4.78 is 17.7. The van der Waals surface area contributed by atoms with Gasteiger partial charge < -0.3 is 19.3 Å². The average molecular weight is 342 g/mol. The summed E-state index contributed by atoms with van der Waals surface area (Å²) in [5, 5.41) is 10.7. The van der Waals surface area contributed by atoms with Crippen LogP contribution in [0.1, 0.15) is 30.9 Å². The van der Waals surface area contributed by atoms with E-state index in [1.54, 1.807) is 6.92 Å². The first-order valence-electron chi connectivity index (χ1n) is 8.82. The summed E-state index contributed by atoms with van der Waals surface area (Å²) in [6.45, 7) is 3.10. The lowest BCUT2D eigenvalue weighted by Crippen LogP contribution is -2.41. The maximum atomic E-state index is 10.7. The Hall–Kier alpha value is -1.72. The largest absolute Gasteiger partial charge is 0.383 e. The van der Waals surface area contributed by atoms with Crippen LogP contribution >= 0.6 is 0 Å². The molecule has 3 rings (SSSR count). The highest BCUT2D eigenvalue weighted by molar-refractivity contribution is 5.21. The standard InChI is InChI=1S/C21H26O4/c1-21(22,18-11-6-3-7-12-18)16-25-20-19(13-8-14-23-20)24-15-17-9-4-2-5-10-17/h2-7,9-12,19-20,22H,8,13-16H2,1H3/t19-,20+,21+/m0/s1. The third-order valence-electron chi connectivity index (χ3n) is 4.45. The van der Waals surface area contributed by atoms with Crippen molar-refractivity contribution >= 4 is 0 Å². The van der Waals surface area contributed by atoms with Crippen molar-refractivity contribution in [3.8, 4) is 0 Å². The first kappa shape index (κ1) is 18.1. The van der Waals surface area contributed by atoms with Gasteiger partial charge >= 0.3 is 0 Å². The van der Waals surface area contributed by atoms with Gasteiger partial charge in [0.25, 0.3) is 0 Å². The number of aliphatic hydroxyl groups is 1. The molecule has 3 atom stereocenters. The summed E-state index contributed by atoms with van der Waals surface area (Å²) in [6, 6.07) is 19.6. The molecule has 1 N–H and O–H groups in total. The van der Waals surface area contributed by atoms with E-state index in [1.807, 2.05) is 60.7 Å². The molecule has 0 unspecified atom stereocenters. The Labute approximate surface area is 149 Å². The lowest BCUT2D eigenvalue weighted by atomic mass is 9.97. The minimum Gasteiger partial charge on any atom is -0.383 e. The van der Waals surface area contributed by atoms with Gasteiger partial charge in [-0.25, -0.2) is 0 Å². The predicted molar refractivity (Wildman–Crippen MR) is 96.0 cm³/mol. The smallest absolute Gasteiger partial charge is 0.183 e. The molecular weight excluding hydrogens is 316 g/mol. The lowest BCUT2D eigenvalue weighted by molar-refractivity contribution is -0.245. The molecule has 1 fully saturated rings. The summed E-state index contributed by atoms with van der Waals surface area (Å²) in [5.41, 5.74) is 0.891. The van der Waals surface area contributed by atoms with Crippen molar-refractivity contribution in [3.63, 3.8) is 0 Å². The van der Waals surface area contributed by atoms with Crippen molar-refractivity contribution in [2.75, 3.05) is 13.2 Å². The Kier molecular flexibility index (Phi) is 6.21. The van der Waals surface area contributed by atoms with Crippen LogP contribution in [-0.2, 0) is 26.4 Å². The van der Waals surface area contributed by atoms with Gasteiger partial charge in [0.1, 0.15) is 11.7 Å². The fourth-order valence-electron chi connectivity index (χ4n) is 2.95. The van der Waals surface area contributed by atoms with E-state index in [1.165, 1.54) is 0 Å². The number of hydrogen-bond acceptors (Lipinski definition) is 4. The van der Waals surface area contributed by atoms with Crippen LogP contribution in [0.15, 0.2) is 60.7 Å². The second-order valence-electron chi connectivity index (χ2n) is 6.67. The van der Waals surface area contributed by atoms with Gasteiger partial charge in [-0.1, -0.05) is 60.7 Å². The molecule has 1 aliphatic rings. The van der Waals surface area contributed by atoms with E-state index >= 15 is 0 Å². The summed E-state index contributed by atoms with van der Waals surface area (Å²) >= 11 is 0. The van der Waals surface area contributed by atoms with Crippen molar-refractivity contribution in [1.82, 2.24) is 0 Å². The molecule has 134 valence electrons. The van der Waals surface area contributed by atoms with Crippen molar-refractivity contribution in [2.24, 2.45) is 0 Å². The van der Waals surface area contributed by atoms with Crippen LogP contribution in [0.4, 0.5) is 0 Å². The Morgan fingerprint density at radius 1 is 1.04 bits per heavy atom. The second kappa shape index (κ2) is 8.59. The summed E-state index contributed by atoms with van der Waals surface area (Å²) in [7, 11) is 0. The highest BCUT2D eigenvalue weighted by atomic mass is 16.7. The first-order valence-corrected chi connectivity index (χ1v) is 8.82. The third-order valence-corrected chi connectivity index (χ3v) is 4.45. The Morgan fingerprint density at radius 2 is 1.72 bits per heavy atom. The average Bonchev–Trinajstić information content (AvgIpc) is 2.67. The van der Waals surface area contributed by atoms with Gasteiger partial charge in [0.15, 0.2) is 6.29 Å². The molecule has 0 radical (unpaired) electrons. The van der Waals surface area contributed by atoms with Crippen LogP contribution in [0.5, 0.6) is 0 Å². The highest BCUT2D eigenvalue weighted by Crippen LogP contribution is 2.25. The molecule has 4 nitrogen and oxygen atoms in total. The lowest BCUT2D eigenvalue weighted by Gasteiger charge is -2.34. The van der Waals surface area contributed by atoms with Gasteiger partial charge in [-0.3, -0.25) is 0 Å². The van der Waals surface area contributed by atoms with E-state index in [9.17, 15) is 5.11 Å². The molecule has 0 saturated carbocycles. The number of benzene rings is 2. The molecule has 1 aliphatic heterocycles. The topological polar surface area (TPSA) is 47.9 Å². The van der Waals surface area contributed by atoms with Gasteiger partial charge in [-0.05, 0) is 30.9 Å². The zero-order valence-electron chi connectivity index (χ0n) is 14.6. The van der Waals surface area contributed by atoms with E-state index in [2.05, 4.69) is 0 Å². The van der Waals surface area contributed by atoms with Crippen LogP contribution in [0.25, 0.3) is 0 Å². The van der Waals surface area contributed by atoms with Crippen molar-refractivity contribution in [3.05, 3.63) is 71.8 Å². The fraction of sp³-hybridized carbons (Fsp3) is 0.429. The van der Waals surface area contributed by atoms with Gasteiger partial charge in [0.2, 0.25) is 0 Å². The molecule has 1 saturated heterocycles. The molecule has 25 heavy (non-hydrogen) atoms. The van der Waals surface area contributed by atoms with Crippen LogP contribution in [-0.4, -0.2) is 30.7 Å². The van der Waals surface area contributed by atoms with Crippen LogP contribution in [0.3, 0.4) is 0 Å². The van der Waals surface area contributed by atoms with E-state index in [0.29, 0.717) is 13.2 Å². The van der Waals surface area contributed by atoms with E-state index in [-0.39, 0.29) is 12.7 Å². The quantitative estimate of drug-likeness (QED) is 0.835. The molecule has 0 amide bonds. The zero-order valence-corrected chi connectivity index (χ0v) is 14.6. The number of rotatable bonds is 7. The normalized spacial score (nSPS) is 23.1. The fourth-order valence-corrected chi connectivity index (χ4v) is 2.95. The molecule has 0 aliphatic carbocycles. The summed E-state index contributed by atoms with van der Waals surface area (Å²) in [5.74, 6) is 0. The number of hydrogen-bond donors (Lipinski definition) is 1. The van der Waals surface area contributed by atoms with Crippen LogP contribution in [0, 0.1) is 0 Å². The Morgan fingerprint density at radius 3 is 2.44 bits per heavy atom. The van der Waals surface area contributed by atoms with Crippen molar-refractivity contribution < 1.29 is 19.3 Å². The monoisotopic (exact) mass is 342 g/mol. The predicted octanol–water partition coefficient (Wildman–Crippen LogP) is 3.63. The van der Waals surface area contributed by atoms with Crippen molar-refractivity contribution in [2.45, 2.75) is 44.4 Å². The molecule has 0 bridgehead atoms. The number of ether oxygens (including phenoxy) is 3. The van der Waals surface area contributed by atoms with Gasteiger partial charge in [-0.15, -0.1) is 0 Å². The van der Waals surface area contributed by atoms with Crippen LogP contribution < -0.4 is 0 Å². The Balaban J connectivity index is 1.56. The summed E-state index contributed by atoms with van der Waals surface area (Å²) in [6.07, 6.45) is 1.27. The molecule has 2 aromatic rings. The molecule has 4 heteroatoms. The molecular formula is C21H26O4. The van der Waals surface area contributed by atoms with E-state index in [4.69, 9.17) is 14.2 Å². The van der Waals surface area contributed by atoms with Gasteiger partial charge in [0.05, 0.1) is 13.2 Å². The zero-order chi connectivity index (χ0) is 17.5. The third kappa shape index (κ3) is 5.13. The van der Waals surface area contributed by atoms with Crippen molar-refractivity contribution in [1.29, 1.82) is 0 Å². The first-order chi connectivity index (χ1) is 12.1. The maximum Gasteiger partial charge on any atom is 0.183 e. The SMILES string of the molecule is C[C@@](O)(CO[C@H]1OCCC[C@@H]1OCc1ccccc1)c1ccccc1. The van der Waals surface area contributed by atoms with Crippen LogP contribution in [0.2, 0.25) is 0 Å². The molecule has 2 aromatic carbocycles. The molecule has 1 heterocycles. The Bertz CT molecular complexity index is 627. The molecule has 0 aromatic heterocycles. The highest BCUT2D eigenvalue weighted by Gasteiger charge is 2.31.